The summed E-state index contributed by atoms with van der Waals surface area (Å²) in [5.41, 5.74) is 0. The molecule has 2 rings (SSSR count). The zero-order chi connectivity index (χ0) is 15.2. The lowest BCUT2D eigenvalue weighted by Crippen LogP contribution is -2.51. The molecule has 0 amide bonds. The van der Waals surface area contributed by atoms with Crippen LogP contribution in [0.5, 0.6) is 0 Å². The minimum atomic E-state index is 0.544. The lowest BCUT2D eigenvalue weighted by atomic mass is 9.83. The average molecular weight is 296 g/mol. The van der Waals surface area contributed by atoms with Crippen LogP contribution in [-0.4, -0.2) is 61.3 Å². The number of rotatable bonds is 6. The number of methoxy groups -OCH3 is 1. The van der Waals surface area contributed by atoms with Crippen molar-refractivity contribution >= 4 is 0 Å². The highest BCUT2D eigenvalue weighted by Crippen LogP contribution is 2.30. The summed E-state index contributed by atoms with van der Waals surface area (Å²) in [6.45, 7) is 12.1. The van der Waals surface area contributed by atoms with Crippen LogP contribution in [0.3, 0.4) is 0 Å². The first-order valence-corrected chi connectivity index (χ1v) is 9.11. The van der Waals surface area contributed by atoms with Crippen molar-refractivity contribution in [1.82, 2.24) is 9.80 Å². The molecule has 1 saturated heterocycles. The highest BCUT2D eigenvalue weighted by atomic mass is 16.5. The van der Waals surface area contributed by atoms with Crippen molar-refractivity contribution in [3.63, 3.8) is 0 Å². The number of ether oxygens (including phenoxy) is 1. The van der Waals surface area contributed by atoms with Crippen molar-refractivity contribution < 1.29 is 4.74 Å². The summed E-state index contributed by atoms with van der Waals surface area (Å²) < 4.78 is 5.48. The molecule has 1 aliphatic carbocycles. The summed E-state index contributed by atoms with van der Waals surface area (Å²) in [5, 5.41) is 0. The molecule has 0 aromatic carbocycles. The monoisotopic (exact) mass is 296 g/mol. The Balaban J connectivity index is 1.63. The maximum Gasteiger partial charge on any atom is 0.0571 e. The Morgan fingerprint density at radius 2 is 1.48 bits per heavy atom. The van der Waals surface area contributed by atoms with Crippen LogP contribution in [0.15, 0.2) is 0 Å². The van der Waals surface area contributed by atoms with Gasteiger partial charge in [0, 0.05) is 45.4 Å². The van der Waals surface area contributed by atoms with Gasteiger partial charge >= 0.3 is 0 Å². The van der Waals surface area contributed by atoms with E-state index in [2.05, 4.69) is 30.6 Å². The van der Waals surface area contributed by atoms with Gasteiger partial charge in [0.2, 0.25) is 0 Å². The van der Waals surface area contributed by atoms with Crippen LogP contribution in [0.25, 0.3) is 0 Å². The van der Waals surface area contributed by atoms with E-state index in [-0.39, 0.29) is 0 Å². The van der Waals surface area contributed by atoms with E-state index in [1.54, 1.807) is 0 Å². The third-order valence-electron chi connectivity index (χ3n) is 5.82. The number of piperazine rings is 1. The molecule has 1 saturated carbocycles. The van der Waals surface area contributed by atoms with Crippen molar-refractivity contribution in [1.29, 1.82) is 0 Å². The minimum Gasteiger partial charge on any atom is -0.381 e. The Hall–Kier alpha value is -0.120. The predicted octanol–water partition coefficient (Wildman–Crippen LogP) is 3.39. The van der Waals surface area contributed by atoms with E-state index in [4.69, 9.17) is 4.74 Å². The van der Waals surface area contributed by atoms with E-state index in [1.807, 2.05) is 7.11 Å². The largest absolute Gasteiger partial charge is 0.381 e. The van der Waals surface area contributed by atoms with E-state index in [9.17, 15) is 0 Å². The highest BCUT2D eigenvalue weighted by Gasteiger charge is 2.24. The lowest BCUT2D eigenvalue weighted by molar-refractivity contribution is 0.0506. The quantitative estimate of drug-likeness (QED) is 0.747. The molecule has 21 heavy (non-hydrogen) atoms. The third kappa shape index (κ3) is 5.22. The maximum atomic E-state index is 5.48. The molecule has 124 valence electrons. The molecule has 0 aromatic heterocycles. The van der Waals surface area contributed by atoms with Gasteiger partial charge in [-0.1, -0.05) is 0 Å². The first-order chi connectivity index (χ1) is 10.1. The van der Waals surface area contributed by atoms with Gasteiger partial charge in [-0.05, 0) is 65.2 Å². The standard InChI is InChI=1S/C18H36N2O/c1-15(2)19-11-13-20(14-12-19)16(3)5-6-17-7-9-18(21-4)10-8-17/h15-18H,5-14H2,1-4H3. The van der Waals surface area contributed by atoms with Gasteiger partial charge in [-0.25, -0.2) is 0 Å². The van der Waals surface area contributed by atoms with Gasteiger partial charge in [-0.15, -0.1) is 0 Å². The van der Waals surface area contributed by atoms with Gasteiger partial charge < -0.3 is 4.74 Å². The Morgan fingerprint density at radius 1 is 0.905 bits per heavy atom. The van der Waals surface area contributed by atoms with Crippen LogP contribution < -0.4 is 0 Å². The maximum absolute atomic E-state index is 5.48. The third-order valence-corrected chi connectivity index (χ3v) is 5.82. The highest BCUT2D eigenvalue weighted by molar-refractivity contribution is 4.79. The van der Waals surface area contributed by atoms with Gasteiger partial charge in [0.15, 0.2) is 0 Å². The van der Waals surface area contributed by atoms with Gasteiger partial charge in [-0.2, -0.15) is 0 Å². The van der Waals surface area contributed by atoms with Crippen LogP contribution in [0.1, 0.15) is 59.3 Å². The van der Waals surface area contributed by atoms with Crippen LogP contribution in [0, 0.1) is 5.92 Å². The zero-order valence-electron chi connectivity index (χ0n) is 14.7. The zero-order valence-corrected chi connectivity index (χ0v) is 14.7. The molecular weight excluding hydrogens is 260 g/mol. The van der Waals surface area contributed by atoms with Crippen LogP contribution in [-0.2, 0) is 4.74 Å². The molecule has 0 spiro atoms. The van der Waals surface area contributed by atoms with E-state index in [0.29, 0.717) is 12.1 Å². The molecule has 0 aromatic rings. The predicted molar refractivity (Wildman–Crippen MR) is 89.7 cm³/mol. The molecule has 2 aliphatic rings. The number of hydrogen-bond donors (Lipinski definition) is 0. The molecule has 1 aliphatic heterocycles. The summed E-state index contributed by atoms with van der Waals surface area (Å²) in [4.78, 5) is 5.31. The second-order valence-corrected chi connectivity index (χ2v) is 7.47. The van der Waals surface area contributed by atoms with Crippen LogP contribution in [0.4, 0.5) is 0 Å². The topological polar surface area (TPSA) is 15.7 Å². The Morgan fingerprint density at radius 3 is 2.00 bits per heavy atom. The smallest absolute Gasteiger partial charge is 0.0571 e. The fourth-order valence-electron chi connectivity index (χ4n) is 4.01. The van der Waals surface area contributed by atoms with Crippen LogP contribution in [0.2, 0.25) is 0 Å². The van der Waals surface area contributed by atoms with Crippen molar-refractivity contribution in [3.8, 4) is 0 Å². The van der Waals surface area contributed by atoms with Crippen molar-refractivity contribution in [2.45, 2.75) is 77.5 Å². The van der Waals surface area contributed by atoms with Crippen molar-refractivity contribution in [2.24, 2.45) is 5.92 Å². The first-order valence-electron chi connectivity index (χ1n) is 9.11. The van der Waals surface area contributed by atoms with Gasteiger partial charge in [0.05, 0.1) is 6.10 Å². The molecule has 0 radical (unpaired) electrons. The Labute approximate surface area is 132 Å². The summed E-state index contributed by atoms with van der Waals surface area (Å²) in [6.07, 6.45) is 8.67. The fraction of sp³-hybridized carbons (Fsp3) is 1.00. The molecule has 1 unspecified atom stereocenters. The molecular formula is C18H36N2O. The van der Waals surface area contributed by atoms with E-state index >= 15 is 0 Å². The molecule has 2 fully saturated rings. The van der Waals surface area contributed by atoms with Gasteiger partial charge in [0.25, 0.3) is 0 Å². The van der Waals surface area contributed by atoms with E-state index < -0.39 is 0 Å². The van der Waals surface area contributed by atoms with Crippen molar-refractivity contribution in [2.75, 3.05) is 33.3 Å². The second kappa shape index (κ2) is 8.50. The molecule has 0 N–H and O–H groups in total. The van der Waals surface area contributed by atoms with E-state index in [1.165, 1.54) is 64.7 Å². The number of hydrogen-bond acceptors (Lipinski definition) is 3. The number of nitrogens with zero attached hydrogens (tertiary/aromatic N) is 2. The summed E-state index contributed by atoms with van der Waals surface area (Å²) in [6, 6.07) is 1.47. The average Bonchev–Trinajstić information content (AvgIpc) is 2.53. The molecule has 1 heterocycles. The van der Waals surface area contributed by atoms with Gasteiger partial charge in [0.1, 0.15) is 0 Å². The Kier molecular flexibility index (Phi) is 6.97. The summed E-state index contributed by atoms with van der Waals surface area (Å²) in [5.74, 6) is 0.954. The normalized spacial score (nSPS) is 30.7. The Bertz CT molecular complexity index is 279. The molecule has 0 bridgehead atoms. The first kappa shape index (κ1) is 17.2. The van der Waals surface area contributed by atoms with Crippen molar-refractivity contribution in [3.05, 3.63) is 0 Å². The minimum absolute atomic E-state index is 0.544. The van der Waals surface area contributed by atoms with E-state index in [0.717, 1.165) is 12.0 Å². The lowest BCUT2D eigenvalue weighted by Gasteiger charge is -2.40. The second-order valence-electron chi connectivity index (χ2n) is 7.47. The molecule has 3 nitrogen and oxygen atoms in total. The van der Waals surface area contributed by atoms with Gasteiger partial charge in [-0.3, -0.25) is 9.80 Å². The SMILES string of the molecule is COC1CCC(CCC(C)N2CCN(C(C)C)CC2)CC1. The molecule has 3 heteroatoms. The van der Waals surface area contributed by atoms with Crippen LogP contribution >= 0.6 is 0 Å². The molecule has 1 atom stereocenters. The summed E-state index contributed by atoms with van der Waals surface area (Å²) in [7, 11) is 1.86. The summed E-state index contributed by atoms with van der Waals surface area (Å²) >= 11 is 0. The fourth-order valence-corrected chi connectivity index (χ4v) is 4.01.